The predicted octanol–water partition coefficient (Wildman–Crippen LogP) is 1.86. The lowest BCUT2D eigenvalue weighted by Crippen LogP contribution is -2.51. The Hall–Kier alpha value is -2.52. The van der Waals surface area contributed by atoms with Crippen LogP contribution in [0.2, 0.25) is 5.02 Å². The number of amides is 2. The molecule has 1 unspecified atom stereocenters. The van der Waals surface area contributed by atoms with E-state index in [9.17, 15) is 14.7 Å². The molecule has 30 heavy (non-hydrogen) atoms. The smallest absolute Gasteiger partial charge is 0.252 e. The van der Waals surface area contributed by atoms with Crippen molar-refractivity contribution in [1.29, 1.82) is 0 Å². The molecule has 1 saturated heterocycles. The highest BCUT2D eigenvalue weighted by Gasteiger charge is 2.40. The predicted molar refractivity (Wildman–Crippen MR) is 111 cm³/mol. The van der Waals surface area contributed by atoms with Crippen molar-refractivity contribution in [3.05, 3.63) is 35.1 Å². The van der Waals surface area contributed by atoms with Crippen LogP contribution in [0.1, 0.15) is 51.5 Å². The van der Waals surface area contributed by atoms with Crippen LogP contribution in [0.4, 0.5) is 0 Å². The van der Waals surface area contributed by atoms with E-state index in [0.29, 0.717) is 23.6 Å². The number of likely N-dealkylation sites (tertiary alicyclic amines) is 1. The van der Waals surface area contributed by atoms with Crippen molar-refractivity contribution in [1.82, 2.24) is 30.4 Å². The van der Waals surface area contributed by atoms with Crippen LogP contribution in [-0.2, 0) is 16.1 Å². The highest BCUT2D eigenvalue weighted by molar-refractivity contribution is 6.30. The van der Waals surface area contributed by atoms with Crippen LogP contribution >= 0.6 is 11.6 Å². The molecule has 0 saturated carbocycles. The Bertz CT molecular complexity index is 875. The van der Waals surface area contributed by atoms with Gasteiger partial charge in [-0.15, -0.1) is 5.10 Å². The molecule has 2 aromatic rings. The summed E-state index contributed by atoms with van der Waals surface area (Å²) < 4.78 is 1.50. The second-order valence-corrected chi connectivity index (χ2v) is 8.03. The van der Waals surface area contributed by atoms with Crippen molar-refractivity contribution in [3.8, 4) is 5.69 Å². The number of aliphatic hydroxyl groups excluding tert-OH is 1. The second-order valence-electron chi connectivity index (χ2n) is 7.59. The molecule has 10 heteroatoms. The van der Waals surface area contributed by atoms with Crippen molar-refractivity contribution >= 4 is 23.4 Å². The van der Waals surface area contributed by atoms with Gasteiger partial charge in [0.05, 0.1) is 5.69 Å². The lowest BCUT2D eigenvalue weighted by Gasteiger charge is -2.30. The third kappa shape index (κ3) is 4.96. The molecular formula is C20H27ClN6O3. The normalized spacial score (nSPS) is 19.7. The van der Waals surface area contributed by atoms with E-state index in [0.717, 1.165) is 24.8 Å². The number of hydrogen-bond acceptors (Lipinski definition) is 6. The quantitative estimate of drug-likeness (QED) is 0.655. The van der Waals surface area contributed by atoms with Crippen LogP contribution in [0.3, 0.4) is 0 Å². The summed E-state index contributed by atoms with van der Waals surface area (Å²) in [6, 6.07) is 4.55. The Morgan fingerprint density at radius 1 is 1.37 bits per heavy atom. The molecule has 0 radical (unpaired) electrons. The fraction of sp³-hybridized carbons (Fsp3) is 0.550. The van der Waals surface area contributed by atoms with E-state index >= 15 is 0 Å². The minimum Gasteiger partial charge on any atom is -0.383 e. The number of nitrogens with zero attached hydrogens (tertiary/aromatic N) is 5. The average Bonchev–Trinajstić information content (AvgIpc) is 3.39. The summed E-state index contributed by atoms with van der Waals surface area (Å²) in [5.41, 5.74) is 1.45. The molecular weight excluding hydrogens is 408 g/mol. The first-order valence-electron chi connectivity index (χ1n) is 10.2. The fourth-order valence-electron chi connectivity index (χ4n) is 3.80. The van der Waals surface area contributed by atoms with Gasteiger partial charge in [-0.05, 0) is 60.4 Å². The summed E-state index contributed by atoms with van der Waals surface area (Å²) in [6.45, 7) is 4.12. The molecule has 0 spiro atoms. The molecule has 3 rings (SSSR count). The first-order valence-corrected chi connectivity index (χ1v) is 10.6. The Labute approximate surface area is 180 Å². The van der Waals surface area contributed by atoms with E-state index in [1.807, 2.05) is 13.8 Å². The van der Waals surface area contributed by atoms with Crippen LogP contribution in [-0.4, -0.2) is 60.2 Å². The molecule has 3 atom stereocenters. The van der Waals surface area contributed by atoms with E-state index in [-0.39, 0.29) is 24.4 Å². The lowest BCUT2D eigenvalue weighted by molar-refractivity contribution is -0.147. The number of carbonyl (C=O) groups excluding carboxylic acids is 2. The Kier molecular flexibility index (Phi) is 7.38. The standard InChI is InChI=1S/C20H27ClN6O3/c1-3-4-5-18(28)20(30)27-13(2)6-8-17(27)19(29)22-11-14-10-15(21)7-9-16(14)26-12-23-24-25-26/h7,9-10,12-13,17-18,28H,3-6,8,11H2,1-2H3,(H,22,29)/t13-,17+,18?/m1/s1. The summed E-state index contributed by atoms with van der Waals surface area (Å²) >= 11 is 6.13. The number of nitrogens with one attached hydrogen (secondary N) is 1. The van der Waals surface area contributed by atoms with Gasteiger partial charge in [-0.3, -0.25) is 9.59 Å². The number of aliphatic hydroxyl groups is 1. The van der Waals surface area contributed by atoms with Crippen molar-refractivity contribution in [2.24, 2.45) is 0 Å². The maximum Gasteiger partial charge on any atom is 0.252 e. The van der Waals surface area contributed by atoms with Gasteiger partial charge in [0.1, 0.15) is 18.5 Å². The minimum absolute atomic E-state index is 0.0903. The molecule has 1 aromatic heterocycles. The summed E-state index contributed by atoms with van der Waals surface area (Å²) in [5.74, 6) is -0.622. The van der Waals surface area contributed by atoms with Crippen LogP contribution in [0, 0.1) is 0 Å². The van der Waals surface area contributed by atoms with E-state index in [2.05, 4.69) is 20.8 Å². The zero-order valence-electron chi connectivity index (χ0n) is 17.2. The molecule has 2 heterocycles. The summed E-state index contributed by atoms with van der Waals surface area (Å²) in [5, 5.41) is 24.8. The first kappa shape index (κ1) is 22.2. The lowest BCUT2D eigenvalue weighted by atomic mass is 10.1. The van der Waals surface area contributed by atoms with Gasteiger partial charge in [0.2, 0.25) is 5.91 Å². The highest BCUT2D eigenvalue weighted by atomic mass is 35.5. The van der Waals surface area contributed by atoms with Crippen molar-refractivity contribution in [2.75, 3.05) is 0 Å². The number of hydrogen-bond donors (Lipinski definition) is 2. The number of benzene rings is 1. The number of halogens is 1. The second kappa shape index (κ2) is 9.99. The van der Waals surface area contributed by atoms with Gasteiger partial charge in [-0.25, -0.2) is 4.68 Å². The van der Waals surface area contributed by atoms with Crippen molar-refractivity contribution < 1.29 is 14.7 Å². The monoisotopic (exact) mass is 434 g/mol. The Morgan fingerprint density at radius 2 is 2.17 bits per heavy atom. The number of aromatic nitrogens is 4. The zero-order chi connectivity index (χ0) is 21.7. The SMILES string of the molecule is CCCCC(O)C(=O)N1[C@H](C)CC[C@H]1C(=O)NCc1cc(Cl)ccc1-n1cnnn1. The number of carbonyl (C=O) groups is 2. The maximum atomic E-state index is 12.9. The van der Waals surface area contributed by atoms with Crippen LogP contribution in [0.15, 0.2) is 24.5 Å². The van der Waals surface area contributed by atoms with Crippen LogP contribution in [0.25, 0.3) is 5.69 Å². The topological polar surface area (TPSA) is 113 Å². The summed E-state index contributed by atoms with van der Waals surface area (Å²) in [4.78, 5) is 27.2. The van der Waals surface area contributed by atoms with Gasteiger partial charge < -0.3 is 15.3 Å². The van der Waals surface area contributed by atoms with Gasteiger partial charge in [0.25, 0.3) is 5.91 Å². The molecule has 1 aliphatic heterocycles. The molecule has 2 N–H and O–H groups in total. The molecule has 0 aliphatic carbocycles. The van der Waals surface area contributed by atoms with Crippen LogP contribution < -0.4 is 5.32 Å². The third-order valence-electron chi connectivity index (χ3n) is 5.43. The third-order valence-corrected chi connectivity index (χ3v) is 5.67. The number of unbranched alkanes of at least 4 members (excludes halogenated alkanes) is 1. The molecule has 1 aromatic carbocycles. The van der Waals surface area contributed by atoms with E-state index in [4.69, 9.17) is 11.6 Å². The molecule has 9 nitrogen and oxygen atoms in total. The van der Waals surface area contributed by atoms with Gasteiger partial charge in [-0.1, -0.05) is 31.4 Å². The minimum atomic E-state index is -1.07. The van der Waals surface area contributed by atoms with Crippen LogP contribution in [0.5, 0.6) is 0 Å². The van der Waals surface area contributed by atoms with E-state index in [1.54, 1.807) is 18.2 Å². The van der Waals surface area contributed by atoms with Gasteiger partial charge in [-0.2, -0.15) is 0 Å². The molecule has 1 fully saturated rings. The largest absolute Gasteiger partial charge is 0.383 e. The van der Waals surface area contributed by atoms with Crippen molar-refractivity contribution in [3.63, 3.8) is 0 Å². The molecule has 2 amide bonds. The number of rotatable bonds is 8. The molecule has 162 valence electrons. The summed E-state index contributed by atoms with van der Waals surface area (Å²) in [7, 11) is 0. The van der Waals surface area contributed by atoms with E-state index in [1.165, 1.54) is 15.9 Å². The van der Waals surface area contributed by atoms with E-state index < -0.39 is 12.1 Å². The van der Waals surface area contributed by atoms with Gasteiger partial charge >= 0.3 is 0 Å². The maximum absolute atomic E-state index is 12.9. The summed E-state index contributed by atoms with van der Waals surface area (Å²) in [6.07, 6.45) is 3.75. The average molecular weight is 435 g/mol. The fourth-order valence-corrected chi connectivity index (χ4v) is 3.99. The highest BCUT2D eigenvalue weighted by Crippen LogP contribution is 2.26. The zero-order valence-corrected chi connectivity index (χ0v) is 17.9. The Balaban J connectivity index is 1.70. The van der Waals surface area contributed by atoms with Gasteiger partial charge in [0.15, 0.2) is 0 Å². The molecule has 0 bridgehead atoms. The molecule has 1 aliphatic rings. The Morgan fingerprint density at radius 3 is 2.87 bits per heavy atom. The first-order chi connectivity index (χ1) is 14.4. The van der Waals surface area contributed by atoms with Crippen molar-refractivity contribution in [2.45, 2.75) is 70.7 Å². The number of tetrazole rings is 1. The van der Waals surface area contributed by atoms with Gasteiger partial charge in [0, 0.05) is 17.6 Å².